The van der Waals surface area contributed by atoms with Crippen LogP contribution in [0.1, 0.15) is 43.7 Å². The van der Waals surface area contributed by atoms with Gasteiger partial charge in [0, 0.05) is 6.04 Å². The summed E-state index contributed by atoms with van der Waals surface area (Å²) in [5.41, 5.74) is 0. The maximum Gasteiger partial charge on any atom is 0.110 e. The Balaban J connectivity index is 1.91. The summed E-state index contributed by atoms with van der Waals surface area (Å²) < 4.78 is 1.12. The van der Waals surface area contributed by atoms with Crippen LogP contribution >= 0.6 is 27.3 Å². The van der Waals surface area contributed by atoms with Crippen LogP contribution in [0.15, 0.2) is 9.98 Å². The van der Waals surface area contributed by atoms with Gasteiger partial charge in [-0.05, 0) is 35.7 Å². The van der Waals surface area contributed by atoms with E-state index in [4.69, 9.17) is 0 Å². The number of rotatable bonds is 3. The van der Waals surface area contributed by atoms with Gasteiger partial charge in [0.15, 0.2) is 0 Å². The van der Waals surface area contributed by atoms with Gasteiger partial charge in [0.05, 0.1) is 16.0 Å². The Hall–Kier alpha value is 0.0700. The van der Waals surface area contributed by atoms with Crippen molar-refractivity contribution in [2.45, 2.75) is 44.7 Å². The van der Waals surface area contributed by atoms with E-state index in [0.717, 1.165) is 3.79 Å². The minimum Gasteiger partial charge on any atom is -0.305 e. The van der Waals surface area contributed by atoms with Crippen molar-refractivity contribution in [2.75, 3.05) is 0 Å². The smallest absolute Gasteiger partial charge is 0.110 e. The summed E-state index contributed by atoms with van der Waals surface area (Å²) in [5, 5.41) is 4.82. The fourth-order valence-electron chi connectivity index (χ4n) is 1.98. The standard InChI is InChI=1S/C10H15BrN2S/c1-7(10-12-6-9(11)14-10)13-8-4-2-3-5-8/h6-8,13H,2-5H2,1H3. The molecule has 78 valence electrons. The Bertz CT molecular complexity index is 294. The second-order valence-corrected chi connectivity index (χ2v) is 6.31. The number of thiazole rings is 1. The third kappa shape index (κ3) is 2.55. The van der Waals surface area contributed by atoms with Crippen LogP contribution < -0.4 is 5.32 Å². The maximum absolute atomic E-state index is 4.37. The lowest BCUT2D eigenvalue weighted by Gasteiger charge is -2.16. The number of aromatic nitrogens is 1. The molecule has 1 N–H and O–H groups in total. The summed E-state index contributed by atoms with van der Waals surface area (Å²) in [6.07, 6.45) is 7.30. The summed E-state index contributed by atoms with van der Waals surface area (Å²) in [5.74, 6) is 0. The van der Waals surface area contributed by atoms with Gasteiger partial charge in [-0.15, -0.1) is 11.3 Å². The van der Waals surface area contributed by atoms with Crippen LogP contribution in [-0.2, 0) is 0 Å². The predicted octanol–water partition coefficient (Wildman–Crippen LogP) is 3.50. The summed E-state index contributed by atoms with van der Waals surface area (Å²) >= 11 is 5.16. The van der Waals surface area contributed by atoms with Crippen LogP contribution in [0, 0.1) is 0 Å². The van der Waals surface area contributed by atoms with E-state index in [0.29, 0.717) is 12.1 Å². The van der Waals surface area contributed by atoms with E-state index >= 15 is 0 Å². The Labute approximate surface area is 97.3 Å². The Morgan fingerprint density at radius 1 is 1.57 bits per heavy atom. The minimum absolute atomic E-state index is 0.398. The van der Waals surface area contributed by atoms with Gasteiger partial charge in [0.2, 0.25) is 0 Å². The van der Waals surface area contributed by atoms with E-state index in [1.165, 1.54) is 30.7 Å². The Morgan fingerprint density at radius 3 is 2.86 bits per heavy atom. The zero-order valence-corrected chi connectivity index (χ0v) is 10.7. The molecule has 1 saturated carbocycles. The lowest BCUT2D eigenvalue weighted by Crippen LogP contribution is -2.28. The van der Waals surface area contributed by atoms with Gasteiger partial charge in [-0.2, -0.15) is 0 Å². The van der Waals surface area contributed by atoms with Gasteiger partial charge in [-0.3, -0.25) is 0 Å². The van der Waals surface area contributed by atoms with Crippen LogP contribution in [0.2, 0.25) is 0 Å². The number of halogens is 1. The third-order valence-electron chi connectivity index (χ3n) is 2.71. The molecule has 1 aliphatic rings. The molecule has 2 nitrogen and oxygen atoms in total. The minimum atomic E-state index is 0.398. The van der Waals surface area contributed by atoms with Gasteiger partial charge in [0.25, 0.3) is 0 Å². The van der Waals surface area contributed by atoms with Crippen molar-refractivity contribution in [1.82, 2.24) is 10.3 Å². The average Bonchev–Trinajstić information content (AvgIpc) is 2.75. The molecular formula is C10H15BrN2S. The molecule has 0 saturated heterocycles. The van der Waals surface area contributed by atoms with Gasteiger partial charge in [-0.1, -0.05) is 12.8 Å². The molecule has 0 aromatic carbocycles. The molecule has 4 heteroatoms. The molecule has 0 aliphatic heterocycles. The molecule has 1 heterocycles. The van der Waals surface area contributed by atoms with E-state index in [1.807, 2.05) is 6.20 Å². The number of hydrogen-bond acceptors (Lipinski definition) is 3. The van der Waals surface area contributed by atoms with Gasteiger partial charge in [-0.25, -0.2) is 4.98 Å². The first-order chi connectivity index (χ1) is 6.75. The van der Waals surface area contributed by atoms with Crippen molar-refractivity contribution in [1.29, 1.82) is 0 Å². The highest BCUT2D eigenvalue weighted by atomic mass is 79.9. The zero-order valence-electron chi connectivity index (χ0n) is 8.29. The highest BCUT2D eigenvalue weighted by molar-refractivity contribution is 9.11. The van der Waals surface area contributed by atoms with Crippen LogP contribution in [0.4, 0.5) is 0 Å². The predicted molar refractivity (Wildman–Crippen MR) is 63.6 cm³/mol. The topological polar surface area (TPSA) is 24.9 Å². The van der Waals surface area contributed by atoms with Crippen LogP contribution in [0.5, 0.6) is 0 Å². The first-order valence-electron chi connectivity index (χ1n) is 5.13. The highest BCUT2D eigenvalue weighted by Gasteiger charge is 2.18. The first-order valence-corrected chi connectivity index (χ1v) is 6.74. The number of nitrogens with one attached hydrogen (secondary N) is 1. The second kappa shape index (κ2) is 4.73. The quantitative estimate of drug-likeness (QED) is 0.913. The number of hydrogen-bond donors (Lipinski definition) is 1. The molecule has 1 aliphatic carbocycles. The summed E-state index contributed by atoms with van der Waals surface area (Å²) in [6.45, 7) is 2.20. The van der Waals surface area contributed by atoms with Crippen LogP contribution in [0.3, 0.4) is 0 Å². The molecule has 1 unspecified atom stereocenters. The molecule has 0 spiro atoms. The third-order valence-corrected chi connectivity index (χ3v) is 4.37. The van der Waals surface area contributed by atoms with E-state index in [1.54, 1.807) is 11.3 Å². The Morgan fingerprint density at radius 2 is 2.29 bits per heavy atom. The lowest BCUT2D eigenvalue weighted by molar-refractivity contribution is 0.460. The summed E-state index contributed by atoms with van der Waals surface area (Å²) in [7, 11) is 0. The highest BCUT2D eigenvalue weighted by Crippen LogP contribution is 2.26. The molecule has 14 heavy (non-hydrogen) atoms. The molecular weight excluding hydrogens is 260 g/mol. The van der Waals surface area contributed by atoms with Crippen molar-refractivity contribution in [3.05, 3.63) is 15.0 Å². The summed E-state index contributed by atoms with van der Waals surface area (Å²) in [6, 6.07) is 1.11. The van der Waals surface area contributed by atoms with Crippen molar-refractivity contribution in [3.8, 4) is 0 Å². The molecule has 0 radical (unpaired) electrons. The molecule has 0 bridgehead atoms. The van der Waals surface area contributed by atoms with Crippen molar-refractivity contribution in [3.63, 3.8) is 0 Å². The average molecular weight is 275 g/mol. The monoisotopic (exact) mass is 274 g/mol. The fourth-order valence-corrected chi connectivity index (χ4v) is 3.24. The first kappa shape index (κ1) is 10.6. The molecule has 1 aromatic rings. The largest absolute Gasteiger partial charge is 0.305 e. The van der Waals surface area contributed by atoms with E-state index in [9.17, 15) is 0 Å². The van der Waals surface area contributed by atoms with Gasteiger partial charge in [0.1, 0.15) is 5.01 Å². The normalized spacial score (nSPS) is 20.1. The zero-order chi connectivity index (χ0) is 9.97. The number of nitrogens with zero attached hydrogens (tertiary/aromatic N) is 1. The van der Waals surface area contributed by atoms with Crippen LogP contribution in [0.25, 0.3) is 0 Å². The molecule has 0 amide bonds. The SMILES string of the molecule is CC(NC1CCCC1)c1ncc(Br)s1. The van der Waals surface area contributed by atoms with Gasteiger partial charge >= 0.3 is 0 Å². The second-order valence-electron chi connectivity index (χ2n) is 3.87. The summed E-state index contributed by atoms with van der Waals surface area (Å²) in [4.78, 5) is 4.37. The van der Waals surface area contributed by atoms with E-state index < -0.39 is 0 Å². The van der Waals surface area contributed by atoms with Crippen molar-refractivity contribution < 1.29 is 0 Å². The molecule has 1 fully saturated rings. The van der Waals surface area contributed by atoms with Crippen molar-refractivity contribution in [2.24, 2.45) is 0 Å². The van der Waals surface area contributed by atoms with E-state index in [2.05, 4.69) is 33.2 Å². The molecule has 2 rings (SSSR count). The van der Waals surface area contributed by atoms with Crippen molar-refractivity contribution >= 4 is 27.3 Å². The lowest BCUT2D eigenvalue weighted by atomic mass is 10.2. The fraction of sp³-hybridized carbons (Fsp3) is 0.700. The maximum atomic E-state index is 4.37. The van der Waals surface area contributed by atoms with E-state index in [-0.39, 0.29) is 0 Å². The van der Waals surface area contributed by atoms with Gasteiger partial charge < -0.3 is 5.32 Å². The molecule has 1 atom stereocenters. The van der Waals surface area contributed by atoms with Crippen LogP contribution in [-0.4, -0.2) is 11.0 Å². The molecule has 1 aromatic heterocycles. The Kier molecular flexibility index (Phi) is 3.57.